The van der Waals surface area contributed by atoms with Crippen LogP contribution in [-0.2, 0) is 22.4 Å². The van der Waals surface area contributed by atoms with E-state index in [4.69, 9.17) is 9.72 Å². The fourth-order valence-corrected chi connectivity index (χ4v) is 6.22. The molecular formula is C24H29N3O3S2. The summed E-state index contributed by atoms with van der Waals surface area (Å²) in [5.74, 6) is -0.0682. The Bertz CT molecular complexity index is 1170. The minimum absolute atomic E-state index is 0.0338. The van der Waals surface area contributed by atoms with Crippen LogP contribution in [0.3, 0.4) is 0 Å². The second kappa shape index (κ2) is 10.2. The third-order valence-electron chi connectivity index (χ3n) is 5.73. The molecule has 8 heteroatoms. The van der Waals surface area contributed by atoms with Crippen molar-refractivity contribution < 1.29 is 9.53 Å². The first-order valence-electron chi connectivity index (χ1n) is 11.1. The van der Waals surface area contributed by atoms with Crippen LogP contribution < -0.4 is 10.9 Å². The van der Waals surface area contributed by atoms with Gasteiger partial charge in [-0.2, -0.15) is 0 Å². The summed E-state index contributed by atoms with van der Waals surface area (Å²) < 4.78 is 6.72. The second-order valence-electron chi connectivity index (χ2n) is 8.16. The molecule has 4 rings (SSSR count). The number of carbonyl (C=O) groups excluding carboxylic acids is 1. The van der Waals surface area contributed by atoms with Crippen LogP contribution in [0.5, 0.6) is 0 Å². The first-order chi connectivity index (χ1) is 15.5. The average molecular weight is 472 g/mol. The van der Waals surface area contributed by atoms with E-state index in [0.717, 1.165) is 53.6 Å². The number of methoxy groups -OCH3 is 1. The molecule has 0 saturated heterocycles. The first-order valence-corrected chi connectivity index (χ1v) is 12.8. The normalized spacial score (nSPS) is 14.3. The number of aryl methyl sites for hydroxylation is 3. The third-order valence-corrected chi connectivity index (χ3v) is 7.96. The molecule has 1 aliphatic carbocycles. The number of fused-ring (bicyclic) bond motifs is 3. The zero-order valence-corrected chi connectivity index (χ0v) is 20.4. The number of hydrogen-bond acceptors (Lipinski definition) is 6. The quantitative estimate of drug-likeness (QED) is 0.302. The van der Waals surface area contributed by atoms with Crippen molar-refractivity contribution in [3.05, 3.63) is 50.6 Å². The number of ether oxygens (including phenoxy) is 1. The molecule has 0 spiro atoms. The standard InChI is InChI=1S/C24H29N3O3S2/c1-15-9-11-17(12-10-15)27-23(29)20-18-7-4-5-8-19(18)32-22(20)26-24(27)31-16(2)21(28)25-13-6-14-30-3/h9-12,16H,4-8,13-14H2,1-3H3,(H,25,28). The summed E-state index contributed by atoms with van der Waals surface area (Å²) >= 11 is 2.97. The molecule has 1 aromatic carbocycles. The van der Waals surface area contributed by atoms with Gasteiger partial charge < -0.3 is 10.1 Å². The molecule has 0 fully saturated rings. The number of thioether (sulfide) groups is 1. The second-order valence-corrected chi connectivity index (χ2v) is 10.6. The zero-order valence-electron chi connectivity index (χ0n) is 18.8. The van der Waals surface area contributed by atoms with Gasteiger partial charge in [-0.25, -0.2) is 4.98 Å². The van der Waals surface area contributed by atoms with Gasteiger partial charge in [0, 0.05) is 25.1 Å². The van der Waals surface area contributed by atoms with Crippen molar-refractivity contribution in [2.45, 2.75) is 56.4 Å². The van der Waals surface area contributed by atoms with Gasteiger partial charge in [0.25, 0.3) is 5.56 Å². The van der Waals surface area contributed by atoms with Crippen LogP contribution >= 0.6 is 23.1 Å². The Kier molecular flexibility index (Phi) is 7.33. The van der Waals surface area contributed by atoms with Gasteiger partial charge in [-0.1, -0.05) is 29.5 Å². The molecule has 1 amide bonds. The summed E-state index contributed by atoms with van der Waals surface area (Å²) in [6.45, 7) is 5.04. The van der Waals surface area contributed by atoms with Crippen LogP contribution in [0.25, 0.3) is 15.9 Å². The van der Waals surface area contributed by atoms with E-state index in [-0.39, 0.29) is 16.7 Å². The van der Waals surface area contributed by atoms with Crippen LogP contribution in [0.4, 0.5) is 0 Å². The smallest absolute Gasteiger partial charge is 0.267 e. The van der Waals surface area contributed by atoms with Crippen LogP contribution in [0.15, 0.2) is 34.2 Å². The molecule has 0 bridgehead atoms. The van der Waals surface area contributed by atoms with Crippen molar-refractivity contribution in [3.63, 3.8) is 0 Å². The van der Waals surface area contributed by atoms with E-state index in [1.807, 2.05) is 38.1 Å². The van der Waals surface area contributed by atoms with E-state index in [9.17, 15) is 9.59 Å². The summed E-state index contributed by atoms with van der Waals surface area (Å²) in [7, 11) is 1.65. The summed E-state index contributed by atoms with van der Waals surface area (Å²) in [4.78, 5) is 33.4. The van der Waals surface area contributed by atoms with Crippen LogP contribution in [0.1, 0.15) is 42.2 Å². The molecule has 1 atom stereocenters. The highest BCUT2D eigenvalue weighted by Gasteiger charge is 2.25. The molecule has 6 nitrogen and oxygen atoms in total. The van der Waals surface area contributed by atoms with Crippen molar-refractivity contribution in [1.82, 2.24) is 14.9 Å². The summed E-state index contributed by atoms with van der Waals surface area (Å²) in [6, 6.07) is 7.89. The Hall–Kier alpha value is -2.16. The lowest BCUT2D eigenvalue weighted by Gasteiger charge is -2.16. The van der Waals surface area contributed by atoms with E-state index >= 15 is 0 Å². The Morgan fingerprint density at radius 2 is 2.03 bits per heavy atom. The highest BCUT2D eigenvalue weighted by atomic mass is 32.2. The van der Waals surface area contributed by atoms with Gasteiger partial charge in [0.2, 0.25) is 5.91 Å². The van der Waals surface area contributed by atoms with Crippen LogP contribution in [-0.4, -0.2) is 41.0 Å². The van der Waals surface area contributed by atoms with E-state index in [1.165, 1.54) is 22.2 Å². The van der Waals surface area contributed by atoms with E-state index in [2.05, 4.69) is 5.32 Å². The van der Waals surface area contributed by atoms with Crippen molar-refractivity contribution in [2.24, 2.45) is 0 Å². The topological polar surface area (TPSA) is 73.2 Å². The van der Waals surface area contributed by atoms with Crippen molar-refractivity contribution >= 4 is 39.2 Å². The summed E-state index contributed by atoms with van der Waals surface area (Å²) in [5.41, 5.74) is 3.05. The minimum Gasteiger partial charge on any atom is -0.385 e. The minimum atomic E-state index is -0.381. The number of thiophene rings is 1. The lowest BCUT2D eigenvalue weighted by molar-refractivity contribution is -0.120. The van der Waals surface area contributed by atoms with Gasteiger partial charge >= 0.3 is 0 Å². The molecule has 170 valence electrons. The van der Waals surface area contributed by atoms with Gasteiger partial charge in [-0.3, -0.25) is 14.2 Å². The Morgan fingerprint density at radius 3 is 2.78 bits per heavy atom. The summed E-state index contributed by atoms with van der Waals surface area (Å²) in [5, 5.41) is 3.88. The molecule has 0 aliphatic heterocycles. The lowest BCUT2D eigenvalue weighted by Crippen LogP contribution is -2.33. The molecule has 1 N–H and O–H groups in total. The zero-order chi connectivity index (χ0) is 22.7. The first kappa shape index (κ1) is 23.0. The maximum Gasteiger partial charge on any atom is 0.267 e. The SMILES string of the molecule is COCCCNC(=O)C(C)Sc1nc2sc3c(c2c(=O)n1-c1ccc(C)cc1)CCCC3. The predicted molar refractivity (Wildman–Crippen MR) is 131 cm³/mol. The van der Waals surface area contributed by atoms with Crippen molar-refractivity contribution in [1.29, 1.82) is 0 Å². The van der Waals surface area contributed by atoms with Crippen LogP contribution in [0.2, 0.25) is 0 Å². The molecule has 1 aliphatic rings. The molecule has 0 saturated carbocycles. The molecule has 3 aromatic rings. The fraction of sp³-hybridized carbons (Fsp3) is 0.458. The largest absolute Gasteiger partial charge is 0.385 e. The number of aromatic nitrogens is 2. The monoisotopic (exact) mass is 471 g/mol. The summed E-state index contributed by atoms with van der Waals surface area (Å²) in [6.07, 6.45) is 4.99. The Morgan fingerprint density at radius 1 is 1.28 bits per heavy atom. The highest BCUT2D eigenvalue weighted by molar-refractivity contribution is 8.00. The van der Waals surface area contributed by atoms with Gasteiger partial charge in [-0.05, 0) is 63.6 Å². The van der Waals surface area contributed by atoms with Crippen molar-refractivity contribution in [3.8, 4) is 5.69 Å². The third kappa shape index (κ3) is 4.77. The van der Waals surface area contributed by atoms with Gasteiger partial charge in [0.1, 0.15) is 4.83 Å². The Balaban J connectivity index is 1.73. The molecule has 32 heavy (non-hydrogen) atoms. The predicted octanol–water partition coefficient (Wildman–Crippen LogP) is 4.27. The molecular weight excluding hydrogens is 442 g/mol. The van der Waals surface area contributed by atoms with Crippen molar-refractivity contribution in [2.75, 3.05) is 20.3 Å². The fourth-order valence-electron chi connectivity index (χ4n) is 3.97. The number of nitrogens with zero attached hydrogens (tertiary/aromatic N) is 2. The average Bonchev–Trinajstić information content (AvgIpc) is 3.16. The molecule has 1 unspecified atom stereocenters. The number of benzene rings is 1. The van der Waals surface area contributed by atoms with Gasteiger partial charge in [0.15, 0.2) is 5.16 Å². The van der Waals surface area contributed by atoms with E-state index < -0.39 is 0 Å². The number of rotatable bonds is 8. The Labute approximate surface area is 196 Å². The number of amides is 1. The number of nitrogens with one attached hydrogen (secondary N) is 1. The highest BCUT2D eigenvalue weighted by Crippen LogP contribution is 2.35. The van der Waals surface area contributed by atoms with E-state index in [0.29, 0.717) is 18.3 Å². The molecule has 2 heterocycles. The van der Waals surface area contributed by atoms with Gasteiger partial charge in [-0.15, -0.1) is 11.3 Å². The lowest BCUT2D eigenvalue weighted by atomic mass is 9.97. The number of carbonyl (C=O) groups is 1. The van der Waals surface area contributed by atoms with E-state index in [1.54, 1.807) is 23.0 Å². The number of hydrogen-bond donors (Lipinski definition) is 1. The molecule has 0 radical (unpaired) electrons. The maximum absolute atomic E-state index is 13.8. The maximum atomic E-state index is 13.8. The van der Waals surface area contributed by atoms with Crippen LogP contribution in [0, 0.1) is 6.92 Å². The molecule has 2 aromatic heterocycles. The van der Waals surface area contributed by atoms with Gasteiger partial charge in [0.05, 0.1) is 16.3 Å².